The summed E-state index contributed by atoms with van der Waals surface area (Å²) in [5.74, 6) is 0.365. The molecule has 0 bridgehead atoms. The van der Waals surface area contributed by atoms with Gasteiger partial charge in [-0.2, -0.15) is 5.10 Å². The van der Waals surface area contributed by atoms with Crippen LogP contribution in [0.15, 0.2) is 60.7 Å². The van der Waals surface area contributed by atoms with Crippen molar-refractivity contribution in [3.05, 3.63) is 83.2 Å². The second kappa shape index (κ2) is 9.81. The molecule has 1 aromatic heterocycles. The minimum absolute atomic E-state index is 0.137. The van der Waals surface area contributed by atoms with Crippen LogP contribution in [0.25, 0.3) is 0 Å². The van der Waals surface area contributed by atoms with Crippen molar-refractivity contribution < 1.29 is 9.59 Å². The normalized spacial score (nSPS) is 14.4. The molecule has 0 atom stereocenters. The molecule has 0 aliphatic carbocycles. The summed E-state index contributed by atoms with van der Waals surface area (Å²) < 4.78 is 0. The average Bonchev–Trinajstić information content (AvgIpc) is 3.33. The van der Waals surface area contributed by atoms with E-state index in [1.54, 1.807) is 11.9 Å². The van der Waals surface area contributed by atoms with Crippen molar-refractivity contribution >= 4 is 17.5 Å². The highest BCUT2D eigenvalue weighted by Crippen LogP contribution is 2.28. The van der Waals surface area contributed by atoms with Crippen LogP contribution in [-0.4, -0.2) is 47.0 Å². The lowest BCUT2D eigenvalue weighted by atomic mass is 9.93. The minimum Gasteiger partial charge on any atom is -0.343 e. The number of carbonyl (C=O) groups is 2. The van der Waals surface area contributed by atoms with Crippen LogP contribution in [0.2, 0.25) is 0 Å². The molecular formula is C26H30N4O2. The molecule has 1 fully saturated rings. The lowest BCUT2D eigenvalue weighted by Crippen LogP contribution is -2.38. The number of aromatic amines is 1. The van der Waals surface area contributed by atoms with Crippen molar-refractivity contribution in [3.63, 3.8) is 0 Å². The first-order valence-corrected chi connectivity index (χ1v) is 11.2. The highest BCUT2D eigenvalue weighted by molar-refractivity contribution is 6.04. The standard InChI is InChI=1S/C26H30N4O2/c1-19-7-6-8-20(17-19)11-12-25(31)30-15-13-21(14-16-30)23-18-24(28-27-23)26(32)29(2)22-9-4-3-5-10-22/h3-10,17-18,21H,11-16H2,1-2H3,(H,27,28). The highest BCUT2D eigenvalue weighted by atomic mass is 16.2. The predicted molar refractivity (Wildman–Crippen MR) is 126 cm³/mol. The Morgan fingerprint density at radius 3 is 2.53 bits per heavy atom. The first-order chi connectivity index (χ1) is 15.5. The van der Waals surface area contributed by atoms with Crippen molar-refractivity contribution in [3.8, 4) is 0 Å². The van der Waals surface area contributed by atoms with Gasteiger partial charge in [-0.3, -0.25) is 14.7 Å². The molecular weight excluding hydrogens is 400 g/mol. The lowest BCUT2D eigenvalue weighted by Gasteiger charge is -2.31. The summed E-state index contributed by atoms with van der Waals surface area (Å²) in [6.45, 7) is 3.55. The highest BCUT2D eigenvalue weighted by Gasteiger charge is 2.26. The van der Waals surface area contributed by atoms with Gasteiger partial charge in [0.05, 0.1) is 0 Å². The molecule has 0 radical (unpaired) electrons. The van der Waals surface area contributed by atoms with Crippen molar-refractivity contribution in [2.24, 2.45) is 0 Å². The summed E-state index contributed by atoms with van der Waals surface area (Å²) in [5, 5.41) is 7.32. The van der Waals surface area contributed by atoms with Gasteiger partial charge in [0.15, 0.2) is 5.69 Å². The zero-order valence-corrected chi connectivity index (χ0v) is 18.8. The monoisotopic (exact) mass is 430 g/mol. The summed E-state index contributed by atoms with van der Waals surface area (Å²) in [6, 6.07) is 19.7. The van der Waals surface area contributed by atoms with Gasteiger partial charge in [0.25, 0.3) is 5.91 Å². The number of aryl methyl sites for hydroxylation is 2. The molecule has 4 rings (SSSR count). The minimum atomic E-state index is -0.137. The van der Waals surface area contributed by atoms with E-state index < -0.39 is 0 Å². The Bertz CT molecular complexity index is 1070. The maximum absolute atomic E-state index is 12.8. The third-order valence-electron chi connectivity index (χ3n) is 6.26. The van der Waals surface area contributed by atoms with Crippen molar-refractivity contribution in [2.75, 3.05) is 25.0 Å². The van der Waals surface area contributed by atoms with Crippen LogP contribution in [0, 0.1) is 6.92 Å². The Morgan fingerprint density at radius 2 is 1.81 bits per heavy atom. The molecule has 1 saturated heterocycles. The van der Waals surface area contributed by atoms with E-state index in [1.165, 1.54) is 11.1 Å². The summed E-state index contributed by atoms with van der Waals surface area (Å²) in [5.41, 5.74) is 4.66. The fourth-order valence-electron chi connectivity index (χ4n) is 4.31. The Morgan fingerprint density at radius 1 is 1.06 bits per heavy atom. The van der Waals surface area contributed by atoms with Crippen molar-refractivity contribution in [2.45, 2.75) is 38.5 Å². The molecule has 0 unspecified atom stereocenters. The van der Waals surface area contributed by atoms with Crippen molar-refractivity contribution in [1.82, 2.24) is 15.1 Å². The van der Waals surface area contributed by atoms with Gasteiger partial charge < -0.3 is 9.80 Å². The van der Waals surface area contributed by atoms with E-state index in [0.29, 0.717) is 12.1 Å². The number of hydrogen-bond acceptors (Lipinski definition) is 3. The Hall–Kier alpha value is -3.41. The second-order valence-electron chi connectivity index (χ2n) is 8.55. The van der Waals surface area contributed by atoms with Crippen molar-refractivity contribution in [1.29, 1.82) is 0 Å². The fraction of sp³-hybridized carbons (Fsp3) is 0.346. The SMILES string of the molecule is Cc1cccc(CCC(=O)N2CCC(c3cc(C(=O)N(C)c4ccccc4)n[nH]3)CC2)c1. The first kappa shape index (κ1) is 21.8. The number of hydrogen-bond donors (Lipinski definition) is 1. The van der Waals surface area contributed by atoms with Crippen LogP contribution in [0.4, 0.5) is 5.69 Å². The number of carbonyl (C=O) groups excluding carboxylic acids is 2. The summed E-state index contributed by atoms with van der Waals surface area (Å²) in [4.78, 5) is 29.0. The third-order valence-corrected chi connectivity index (χ3v) is 6.26. The number of rotatable bonds is 6. The molecule has 1 aliphatic rings. The van der Waals surface area contributed by atoms with E-state index in [0.717, 1.165) is 43.7 Å². The zero-order valence-electron chi connectivity index (χ0n) is 18.8. The molecule has 2 amide bonds. The molecule has 3 aromatic rings. The van der Waals surface area contributed by atoms with E-state index >= 15 is 0 Å². The Kier molecular flexibility index (Phi) is 6.69. The van der Waals surface area contributed by atoms with Gasteiger partial charge in [-0.1, -0.05) is 48.0 Å². The number of nitrogens with zero attached hydrogens (tertiary/aromatic N) is 3. The largest absolute Gasteiger partial charge is 0.343 e. The van der Waals surface area contributed by atoms with E-state index in [1.807, 2.05) is 47.4 Å². The molecule has 6 heteroatoms. The number of para-hydroxylation sites is 1. The van der Waals surface area contributed by atoms with Crippen LogP contribution < -0.4 is 4.90 Å². The van der Waals surface area contributed by atoms with Gasteiger partial charge in [-0.05, 0) is 49.9 Å². The number of H-pyrrole nitrogens is 1. The number of nitrogens with one attached hydrogen (secondary N) is 1. The van der Waals surface area contributed by atoms with Crippen LogP contribution in [0.3, 0.4) is 0 Å². The van der Waals surface area contributed by atoms with Crippen LogP contribution in [0.5, 0.6) is 0 Å². The molecule has 1 aliphatic heterocycles. The fourth-order valence-corrected chi connectivity index (χ4v) is 4.31. The number of benzene rings is 2. The Balaban J connectivity index is 1.29. The molecule has 6 nitrogen and oxygen atoms in total. The topological polar surface area (TPSA) is 69.3 Å². The molecule has 0 saturated carbocycles. The van der Waals surface area contributed by atoms with E-state index in [4.69, 9.17) is 0 Å². The third kappa shape index (κ3) is 5.07. The van der Waals surface area contributed by atoms with Gasteiger partial charge in [0.2, 0.25) is 5.91 Å². The van der Waals surface area contributed by atoms with Gasteiger partial charge in [-0.15, -0.1) is 0 Å². The molecule has 2 aromatic carbocycles. The maximum Gasteiger partial charge on any atom is 0.278 e. The summed E-state index contributed by atoms with van der Waals surface area (Å²) in [7, 11) is 1.76. The molecule has 166 valence electrons. The predicted octanol–water partition coefficient (Wildman–Crippen LogP) is 4.33. The quantitative estimate of drug-likeness (QED) is 0.633. The average molecular weight is 431 g/mol. The number of likely N-dealkylation sites (tertiary alicyclic amines) is 1. The lowest BCUT2D eigenvalue weighted by molar-refractivity contribution is -0.132. The smallest absolute Gasteiger partial charge is 0.278 e. The van der Waals surface area contributed by atoms with E-state index in [9.17, 15) is 9.59 Å². The molecule has 0 spiro atoms. The number of piperidine rings is 1. The number of amides is 2. The van der Waals surface area contributed by atoms with E-state index in [2.05, 4.69) is 35.3 Å². The summed E-state index contributed by atoms with van der Waals surface area (Å²) >= 11 is 0. The molecule has 2 heterocycles. The van der Waals surface area contributed by atoms with Gasteiger partial charge in [-0.25, -0.2) is 0 Å². The van der Waals surface area contributed by atoms with Gasteiger partial charge >= 0.3 is 0 Å². The zero-order chi connectivity index (χ0) is 22.5. The number of aromatic nitrogens is 2. The summed E-state index contributed by atoms with van der Waals surface area (Å²) in [6.07, 6.45) is 3.07. The maximum atomic E-state index is 12.8. The molecule has 1 N–H and O–H groups in total. The first-order valence-electron chi connectivity index (χ1n) is 11.2. The van der Waals surface area contributed by atoms with Crippen LogP contribution in [-0.2, 0) is 11.2 Å². The van der Waals surface area contributed by atoms with Crippen LogP contribution in [0.1, 0.15) is 52.5 Å². The van der Waals surface area contributed by atoms with Crippen LogP contribution >= 0.6 is 0 Å². The second-order valence-corrected chi connectivity index (χ2v) is 8.55. The Labute approximate surface area is 189 Å². The van der Waals surface area contributed by atoms with E-state index in [-0.39, 0.29) is 17.7 Å². The number of anilines is 1. The molecule has 32 heavy (non-hydrogen) atoms. The van der Waals surface area contributed by atoms with Gasteiger partial charge in [0.1, 0.15) is 0 Å². The van der Waals surface area contributed by atoms with Gasteiger partial charge in [0, 0.05) is 43.9 Å².